The van der Waals surface area contributed by atoms with Crippen LogP contribution in [0.15, 0.2) is 6.99 Å². The molecular weight excluding hydrogens is 428 g/mol. The van der Waals surface area contributed by atoms with Crippen molar-refractivity contribution in [2.75, 3.05) is 0 Å². The Bertz CT molecular complexity index is 365. The van der Waals surface area contributed by atoms with E-state index in [1.54, 1.807) is 0 Å². The van der Waals surface area contributed by atoms with E-state index in [4.69, 9.17) is 0 Å². The maximum Gasteiger partial charge on any atom is -0.0501 e. The predicted octanol–water partition coefficient (Wildman–Crippen LogP) is 8.58. The van der Waals surface area contributed by atoms with Crippen molar-refractivity contribution in [3.05, 3.63) is 16.6 Å². The standard InChI is InChI=1S/C11H24N2.2C4H9N.C4H9.Mo/c1-8(2)7-11(12-9(3)4)13-10(5)6;2*1-4(2,3)5;1-4(2)3;/h8-11H,7H2,1-6H3;2*1-3H3;1-3H3;/q-2;;;-1;. The summed E-state index contributed by atoms with van der Waals surface area (Å²) in [6, 6.07) is 0.789. The molecule has 0 aromatic rings. The van der Waals surface area contributed by atoms with Gasteiger partial charge in [-0.15, -0.1) is 12.1 Å². The molecule has 0 fully saturated rings. The van der Waals surface area contributed by atoms with E-state index < -0.39 is 18.2 Å². The van der Waals surface area contributed by atoms with Crippen LogP contribution in [0.4, 0.5) is 0 Å². The monoisotopic (exact) mass is 481 g/mol. The molecule has 0 heterocycles. The second-order valence-corrected chi connectivity index (χ2v) is 12.0. The molecule has 172 valence electrons. The van der Waals surface area contributed by atoms with Crippen LogP contribution in [0.2, 0.25) is 0 Å². The summed E-state index contributed by atoms with van der Waals surface area (Å²) in [6.07, 6.45) is 1.29. The van der Waals surface area contributed by atoms with Crippen LogP contribution in [0.25, 0.3) is 10.6 Å². The van der Waals surface area contributed by atoms with E-state index in [1.165, 1.54) is 5.92 Å². The summed E-state index contributed by atoms with van der Waals surface area (Å²) in [5.41, 5.74) is 0.216. The fraction of sp³-hybridized carbons (Fsp3) is 0.957. The van der Waals surface area contributed by atoms with Crippen molar-refractivity contribution >= 4 is 0 Å². The van der Waals surface area contributed by atoms with E-state index in [-0.39, 0.29) is 17.2 Å². The molecular formula is C23H51MoN4-3. The van der Waals surface area contributed by atoms with Crippen molar-refractivity contribution in [2.24, 2.45) is 12.9 Å². The number of hydrogen-bond donors (Lipinski definition) is 0. The van der Waals surface area contributed by atoms with Crippen molar-refractivity contribution in [1.29, 1.82) is 0 Å². The van der Waals surface area contributed by atoms with Crippen LogP contribution in [0.1, 0.15) is 110 Å². The third-order valence-electron chi connectivity index (χ3n) is 2.25. The van der Waals surface area contributed by atoms with Gasteiger partial charge in [0.2, 0.25) is 0 Å². The average molecular weight is 480 g/mol. The van der Waals surface area contributed by atoms with E-state index in [2.05, 4.69) is 121 Å². The van der Waals surface area contributed by atoms with Gasteiger partial charge in [-0.25, -0.2) is 6.17 Å². The first-order chi connectivity index (χ1) is 12.4. The van der Waals surface area contributed by atoms with E-state index >= 15 is 0 Å². The molecule has 0 aliphatic rings. The summed E-state index contributed by atoms with van der Waals surface area (Å²) >= 11 is -0.473. The minimum atomic E-state index is -0.473. The van der Waals surface area contributed by atoms with E-state index in [0.717, 1.165) is 6.42 Å². The second-order valence-electron chi connectivity index (χ2n) is 10.7. The summed E-state index contributed by atoms with van der Waals surface area (Å²) in [7, 11) is 0. The van der Waals surface area contributed by atoms with Crippen molar-refractivity contribution < 1.29 is 18.2 Å². The zero-order chi connectivity index (χ0) is 23.1. The Morgan fingerprint density at radius 2 is 1.00 bits per heavy atom. The zero-order valence-corrected chi connectivity index (χ0v) is 23.7. The van der Waals surface area contributed by atoms with Crippen LogP contribution in [0.3, 0.4) is 0 Å². The second kappa shape index (κ2) is 16.9. The van der Waals surface area contributed by atoms with Gasteiger partial charge in [-0.05, 0) is 0 Å². The van der Waals surface area contributed by atoms with Crippen LogP contribution in [-0.2, 0) is 18.2 Å². The van der Waals surface area contributed by atoms with Crippen LogP contribution >= 0.6 is 0 Å². The molecule has 28 heavy (non-hydrogen) atoms. The van der Waals surface area contributed by atoms with Gasteiger partial charge in [0.1, 0.15) is 0 Å². The van der Waals surface area contributed by atoms with Crippen molar-refractivity contribution in [1.82, 2.24) is 0 Å². The molecule has 0 saturated heterocycles. The normalized spacial score (nSPS) is 12.0. The predicted molar refractivity (Wildman–Crippen MR) is 125 cm³/mol. The SMILES string of the molecule is CC(C)(C)[N]=[Mo]=[N]C(C)(C)C.CC(C)CC([N-]C(C)C)[N-]C(C)C.C[C-](C)C. The summed E-state index contributed by atoms with van der Waals surface area (Å²) in [6.45, 7) is 31.9. The number of nitrogens with zero attached hydrogens (tertiary/aromatic N) is 4. The van der Waals surface area contributed by atoms with Gasteiger partial charge in [0.15, 0.2) is 0 Å². The number of rotatable bonds is 6. The number of hydrogen-bond acceptors (Lipinski definition) is 2. The zero-order valence-electron chi connectivity index (χ0n) is 21.7. The summed E-state index contributed by atoms with van der Waals surface area (Å²) in [5, 5.41) is 9.18. The smallest absolute Gasteiger partial charge is 0.0501 e. The maximum absolute atomic E-state index is 4.59. The molecule has 0 saturated carbocycles. The molecule has 0 aromatic carbocycles. The maximum atomic E-state index is 4.59. The molecule has 0 bridgehead atoms. The fourth-order valence-electron chi connectivity index (χ4n) is 1.54. The van der Waals surface area contributed by atoms with Gasteiger partial charge in [0.25, 0.3) is 0 Å². The van der Waals surface area contributed by atoms with Crippen molar-refractivity contribution in [3.8, 4) is 0 Å². The molecule has 4 nitrogen and oxygen atoms in total. The van der Waals surface area contributed by atoms with Crippen LogP contribution in [0.5, 0.6) is 0 Å². The van der Waals surface area contributed by atoms with Crippen LogP contribution in [0, 0.1) is 11.8 Å². The Balaban J connectivity index is -0.000000378. The Hall–Kier alpha value is 0.208. The Labute approximate surface area is 187 Å². The third-order valence-corrected chi connectivity index (χ3v) is 5.35. The minimum Gasteiger partial charge on any atom is -0.676 e. The average Bonchev–Trinajstić information content (AvgIpc) is 2.32. The van der Waals surface area contributed by atoms with E-state index in [0.29, 0.717) is 18.0 Å². The van der Waals surface area contributed by atoms with Gasteiger partial charge in [-0.2, -0.15) is 20.8 Å². The molecule has 0 atom stereocenters. The molecule has 0 spiro atoms. The Kier molecular flexibility index (Phi) is 19.9. The summed E-state index contributed by atoms with van der Waals surface area (Å²) < 4.78 is 9.01. The van der Waals surface area contributed by atoms with Crippen molar-refractivity contribution in [3.63, 3.8) is 0 Å². The van der Waals surface area contributed by atoms with Crippen LogP contribution < -0.4 is 0 Å². The third kappa shape index (κ3) is 40.8. The van der Waals surface area contributed by atoms with Gasteiger partial charge in [-0.1, -0.05) is 53.9 Å². The van der Waals surface area contributed by atoms with E-state index in [1.807, 2.05) is 0 Å². The molecule has 0 unspecified atom stereocenters. The molecule has 0 aromatic heterocycles. The first-order valence-electron chi connectivity index (χ1n) is 10.6. The largest absolute Gasteiger partial charge is 0.676 e. The Morgan fingerprint density at radius 3 is 1.18 bits per heavy atom. The molecule has 0 radical (unpaired) electrons. The summed E-state index contributed by atoms with van der Waals surface area (Å²) in [5.74, 6) is 2.09. The quantitative estimate of drug-likeness (QED) is 0.271. The molecule has 0 rings (SSSR count). The van der Waals surface area contributed by atoms with Gasteiger partial charge in [-0.3, -0.25) is 0 Å². The first-order valence-corrected chi connectivity index (χ1v) is 12.4. The summed E-state index contributed by atoms with van der Waals surface area (Å²) in [4.78, 5) is 0. The Morgan fingerprint density at radius 1 is 0.714 bits per heavy atom. The molecule has 0 aliphatic heterocycles. The molecule has 5 heteroatoms. The van der Waals surface area contributed by atoms with Crippen LogP contribution in [-0.4, -0.2) is 29.3 Å². The van der Waals surface area contributed by atoms with Gasteiger partial charge >= 0.3 is 77.8 Å². The van der Waals surface area contributed by atoms with E-state index in [9.17, 15) is 0 Å². The fourth-order valence-corrected chi connectivity index (χ4v) is 2.84. The molecule has 0 N–H and O–H groups in total. The van der Waals surface area contributed by atoms with Gasteiger partial charge < -0.3 is 16.6 Å². The molecule has 0 aliphatic carbocycles. The minimum absolute atomic E-state index is 0.108. The topological polar surface area (TPSA) is 52.9 Å². The molecule has 0 amide bonds. The van der Waals surface area contributed by atoms with Gasteiger partial charge in [0, 0.05) is 0 Å². The van der Waals surface area contributed by atoms with Gasteiger partial charge in [0.05, 0.1) is 0 Å². The van der Waals surface area contributed by atoms with Crippen molar-refractivity contribution in [2.45, 2.75) is 140 Å². The first kappa shape index (κ1) is 32.9.